The van der Waals surface area contributed by atoms with Crippen molar-refractivity contribution in [1.29, 1.82) is 0 Å². The van der Waals surface area contributed by atoms with E-state index < -0.39 is 6.10 Å². The van der Waals surface area contributed by atoms with Crippen LogP contribution in [0.5, 0.6) is 5.75 Å². The lowest BCUT2D eigenvalue weighted by Gasteiger charge is -2.34. The van der Waals surface area contributed by atoms with Crippen LogP contribution in [0, 0.1) is 6.92 Å². The molecular weight excluding hydrogens is 274 g/mol. The summed E-state index contributed by atoms with van der Waals surface area (Å²) in [5.41, 5.74) is 0.996. The van der Waals surface area contributed by atoms with E-state index in [9.17, 15) is 5.11 Å². The number of nitrogens with zero attached hydrogens (tertiary/aromatic N) is 1. The van der Waals surface area contributed by atoms with E-state index >= 15 is 0 Å². The van der Waals surface area contributed by atoms with Crippen molar-refractivity contribution in [2.45, 2.75) is 45.3 Å². The molecule has 1 aromatic rings. The standard InChI is InChI=1S/C16H24ClNO2/c1-12-9-14(17)6-7-16(12)20-11-15(19)10-18-8-4-3-5-13(18)2/h6-7,9,13,15,19H,3-5,8,10-11H2,1-2H3. The summed E-state index contributed by atoms with van der Waals surface area (Å²) in [7, 11) is 0. The third-order valence-electron chi connectivity index (χ3n) is 3.95. The van der Waals surface area contributed by atoms with Gasteiger partial charge in [-0.25, -0.2) is 0 Å². The van der Waals surface area contributed by atoms with Crippen LogP contribution in [0.15, 0.2) is 18.2 Å². The molecule has 1 N–H and O–H groups in total. The molecule has 0 bridgehead atoms. The third-order valence-corrected chi connectivity index (χ3v) is 4.19. The third kappa shape index (κ3) is 4.37. The second-order valence-corrected chi connectivity index (χ2v) is 6.15. The number of rotatable bonds is 5. The fourth-order valence-electron chi connectivity index (χ4n) is 2.71. The van der Waals surface area contributed by atoms with E-state index in [-0.39, 0.29) is 0 Å². The van der Waals surface area contributed by atoms with E-state index in [0.717, 1.165) is 17.9 Å². The predicted molar refractivity (Wildman–Crippen MR) is 82.6 cm³/mol. The molecule has 1 aliphatic heterocycles. The molecule has 0 radical (unpaired) electrons. The van der Waals surface area contributed by atoms with Gasteiger partial charge >= 0.3 is 0 Å². The molecule has 0 spiro atoms. The summed E-state index contributed by atoms with van der Waals surface area (Å²) >= 11 is 5.91. The molecule has 1 fully saturated rings. The highest BCUT2D eigenvalue weighted by molar-refractivity contribution is 6.30. The fourth-order valence-corrected chi connectivity index (χ4v) is 2.94. The minimum atomic E-state index is -0.453. The molecule has 0 amide bonds. The molecule has 4 heteroatoms. The van der Waals surface area contributed by atoms with Crippen molar-refractivity contribution in [3.8, 4) is 5.75 Å². The van der Waals surface area contributed by atoms with Crippen LogP contribution < -0.4 is 4.74 Å². The fraction of sp³-hybridized carbons (Fsp3) is 0.625. The molecule has 1 saturated heterocycles. The molecule has 0 saturated carbocycles. The number of halogens is 1. The van der Waals surface area contributed by atoms with Crippen molar-refractivity contribution in [3.05, 3.63) is 28.8 Å². The van der Waals surface area contributed by atoms with Crippen LogP contribution in [0.3, 0.4) is 0 Å². The summed E-state index contributed by atoms with van der Waals surface area (Å²) in [6.45, 7) is 6.29. The largest absolute Gasteiger partial charge is 0.491 e. The van der Waals surface area contributed by atoms with Crippen LogP contribution in [0.2, 0.25) is 5.02 Å². The quantitative estimate of drug-likeness (QED) is 0.905. The molecule has 112 valence electrons. The lowest BCUT2D eigenvalue weighted by molar-refractivity contribution is 0.0436. The maximum absolute atomic E-state index is 10.1. The Morgan fingerprint density at radius 2 is 2.25 bits per heavy atom. The van der Waals surface area contributed by atoms with Gasteiger partial charge in [-0.05, 0) is 57.0 Å². The Morgan fingerprint density at radius 1 is 1.45 bits per heavy atom. The zero-order valence-electron chi connectivity index (χ0n) is 12.3. The highest BCUT2D eigenvalue weighted by Gasteiger charge is 2.21. The first-order valence-electron chi connectivity index (χ1n) is 7.37. The molecule has 1 heterocycles. The van der Waals surface area contributed by atoms with Gasteiger partial charge in [0.05, 0.1) is 0 Å². The zero-order valence-corrected chi connectivity index (χ0v) is 13.1. The molecule has 2 unspecified atom stereocenters. The molecule has 20 heavy (non-hydrogen) atoms. The number of piperidine rings is 1. The van der Waals surface area contributed by atoms with Gasteiger partial charge in [0, 0.05) is 17.6 Å². The first-order chi connectivity index (χ1) is 9.56. The number of aryl methyl sites for hydroxylation is 1. The number of ether oxygens (including phenoxy) is 1. The molecule has 1 aromatic carbocycles. The van der Waals surface area contributed by atoms with Crippen LogP contribution in [0.4, 0.5) is 0 Å². The van der Waals surface area contributed by atoms with Gasteiger partial charge in [0.2, 0.25) is 0 Å². The Bertz CT molecular complexity index is 438. The smallest absolute Gasteiger partial charge is 0.122 e. The second-order valence-electron chi connectivity index (χ2n) is 5.71. The van der Waals surface area contributed by atoms with Crippen LogP contribution in [-0.4, -0.2) is 41.8 Å². The topological polar surface area (TPSA) is 32.7 Å². The lowest BCUT2D eigenvalue weighted by Crippen LogP contribution is -2.43. The van der Waals surface area contributed by atoms with E-state index in [0.29, 0.717) is 24.2 Å². The monoisotopic (exact) mass is 297 g/mol. The Kier molecular flexibility index (Phi) is 5.70. The van der Waals surface area contributed by atoms with Gasteiger partial charge in [-0.1, -0.05) is 18.0 Å². The molecule has 0 aromatic heterocycles. The van der Waals surface area contributed by atoms with Crippen molar-refractivity contribution in [1.82, 2.24) is 4.90 Å². The van der Waals surface area contributed by atoms with E-state index in [1.165, 1.54) is 19.3 Å². The minimum Gasteiger partial charge on any atom is -0.491 e. The number of hydrogen-bond donors (Lipinski definition) is 1. The van der Waals surface area contributed by atoms with Crippen LogP contribution in [0.25, 0.3) is 0 Å². The number of likely N-dealkylation sites (tertiary alicyclic amines) is 1. The number of β-amino-alcohol motifs (C(OH)–C–C–N with tert-alkyl or cyclic N) is 1. The zero-order chi connectivity index (χ0) is 14.5. The SMILES string of the molecule is Cc1cc(Cl)ccc1OCC(O)CN1CCCCC1C. The van der Waals surface area contributed by atoms with Gasteiger partial charge < -0.3 is 9.84 Å². The lowest BCUT2D eigenvalue weighted by atomic mass is 10.0. The van der Waals surface area contributed by atoms with E-state index in [4.69, 9.17) is 16.3 Å². The Balaban J connectivity index is 1.81. The van der Waals surface area contributed by atoms with E-state index in [1.54, 1.807) is 0 Å². The summed E-state index contributed by atoms with van der Waals surface area (Å²) < 4.78 is 5.70. The molecule has 0 aliphatic carbocycles. The van der Waals surface area contributed by atoms with Crippen LogP contribution in [0.1, 0.15) is 31.7 Å². The summed E-state index contributed by atoms with van der Waals surface area (Å²) in [6, 6.07) is 6.10. The molecule has 2 atom stereocenters. The first-order valence-corrected chi connectivity index (χ1v) is 7.75. The molecule has 3 nitrogen and oxygen atoms in total. The summed E-state index contributed by atoms with van der Waals surface area (Å²) in [6.07, 6.45) is 3.30. The van der Waals surface area contributed by atoms with E-state index in [2.05, 4.69) is 11.8 Å². The first kappa shape index (κ1) is 15.6. The van der Waals surface area contributed by atoms with Crippen molar-refractivity contribution >= 4 is 11.6 Å². The molecular formula is C16H24ClNO2. The van der Waals surface area contributed by atoms with Crippen LogP contribution in [-0.2, 0) is 0 Å². The van der Waals surface area contributed by atoms with Gasteiger partial charge in [0.15, 0.2) is 0 Å². The van der Waals surface area contributed by atoms with Gasteiger partial charge in [-0.2, -0.15) is 0 Å². The number of benzene rings is 1. The summed E-state index contributed by atoms with van der Waals surface area (Å²) in [4.78, 5) is 2.35. The van der Waals surface area contributed by atoms with Gasteiger partial charge in [-0.3, -0.25) is 4.90 Å². The highest BCUT2D eigenvalue weighted by atomic mass is 35.5. The van der Waals surface area contributed by atoms with Gasteiger partial charge in [0.1, 0.15) is 18.5 Å². The average Bonchev–Trinajstić information content (AvgIpc) is 2.40. The Labute approximate surface area is 126 Å². The Morgan fingerprint density at radius 3 is 2.95 bits per heavy atom. The highest BCUT2D eigenvalue weighted by Crippen LogP contribution is 2.22. The van der Waals surface area contributed by atoms with Crippen LogP contribution >= 0.6 is 11.6 Å². The normalized spacial score (nSPS) is 21.7. The van der Waals surface area contributed by atoms with Gasteiger partial charge in [-0.15, -0.1) is 0 Å². The summed E-state index contributed by atoms with van der Waals surface area (Å²) in [5, 5.41) is 10.8. The second kappa shape index (κ2) is 7.30. The molecule has 1 aliphatic rings. The van der Waals surface area contributed by atoms with Gasteiger partial charge in [0.25, 0.3) is 0 Å². The predicted octanol–water partition coefficient (Wildman–Crippen LogP) is 3.26. The van der Waals surface area contributed by atoms with Crippen molar-refractivity contribution < 1.29 is 9.84 Å². The van der Waals surface area contributed by atoms with Crippen molar-refractivity contribution in [2.75, 3.05) is 19.7 Å². The maximum atomic E-state index is 10.1. The minimum absolute atomic E-state index is 0.325. The maximum Gasteiger partial charge on any atom is 0.122 e. The van der Waals surface area contributed by atoms with Crippen molar-refractivity contribution in [3.63, 3.8) is 0 Å². The Hall–Kier alpha value is -0.770. The average molecular weight is 298 g/mol. The van der Waals surface area contributed by atoms with Crippen molar-refractivity contribution in [2.24, 2.45) is 0 Å². The summed E-state index contributed by atoms with van der Waals surface area (Å²) in [5.74, 6) is 0.792. The van der Waals surface area contributed by atoms with E-state index in [1.807, 2.05) is 25.1 Å². The number of aliphatic hydroxyl groups is 1. The number of aliphatic hydroxyl groups excluding tert-OH is 1. The molecule has 2 rings (SSSR count). The number of hydrogen-bond acceptors (Lipinski definition) is 3.